The topological polar surface area (TPSA) is 12.0 Å². The maximum absolute atomic E-state index is 3.68. The van der Waals surface area contributed by atoms with E-state index in [1.807, 2.05) is 0 Å². The van der Waals surface area contributed by atoms with Crippen molar-refractivity contribution in [3.63, 3.8) is 0 Å². The Morgan fingerprint density at radius 2 is 1.68 bits per heavy atom. The van der Waals surface area contributed by atoms with Gasteiger partial charge in [0.25, 0.3) is 0 Å². The van der Waals surface area contributed by atoms with E-state index in [0.717, 1.165) is 12.6 Å². The standard InChI is InChI=1S/C18H21N/c1-14-7-5-6-10-17(14)18(13-19-16-11-12-16)15-8-3-2-4-9-15/h2-10,16,18-19H,11-13H2,1H3. The van der Waals surface area contributed by atoms with Gasteiger partial charge < -0.3 is 5.32 Å². The van der Waals surface area contributed by atoms with Gasteiger partial charge in [-0.1, -0.05) is 54.6 Å². The molecule has 1 nitrogen and oxygen atoms in total. The van der Waals surface area contributed by atoms with Gasteiger partial charge in [0.2, 0.25) is 0 Å². The largest absolute Gasteiger partial charge is 0.313 e. The van der Waals surface area contributed by atoms with Crippen LogP contribution in [0.1, 0.15) is 35.4 Å². The predicted molar refractivity (Wildman–Crippen MR) is 80.5 cm³/mol. The van der Waals surface area contributed by atoms with Gasteiger partial charge in [0.05, 0.1) is 0 Å². The molecule has 0 bridgehead atoms. The van der Waals surface area contributed by atoms with Crippen LogP contribution in [0, 0.1) is 6.92 Å². The quantitative estimate of drug-likeness (QED) is 0.850. The van der Waals surface area contributed by atoms with Crippen LogP contribution >= 0.6 is 0 Å². The van der Waals surface area contributed by atoms with Crippen LogP contribution in [0.25, 0.3) is 0 Å². The van der Waals surface area contributed by atoms with Gasteiger partial charge in [-0.2, -0.15) is 0 Å². The molecular formula is C18H21N. The number of aryl methyl sites for hydroxylation is 1. The molecule has 0 aromatic heterocycles. The van der Waals surface area contributed by atoms with Crippen LogP contribution < -0.4 is 5.32 Å². The third-order valence-corrected chi connectivity index (χ3v) is 3.95. The Hall–Kier alpha value is -1.60. The second kappa shape index (κ2) is 5.58. The minimum Gasteiger partial charge on any atom is -0.313 e. The first-order valence-electron chi connectivity index (χ1n) is 7.18. The maximum atomic E-state index is 3.68. The minimum absolute atomic E-state index is 0.461. The zero-order valence-electron chi connectivity index (χ0n) is 11.5. The molecule has 3 rings (SSSR count). The first-order valence-corrected chi connectivity index (χ1v) is 7.18. The summed E-state index contributed by atoms with van der Waals surface area (Å²) in [4.78, 5) is 0. The number of hydrogen-bond donors (Lipinski definition) is 1. The molecule has 19 heavy (non-hydrogen) atoms. The van der Waals surface area contributed by atoms with Gasteiger partial charge in [0.1, 0.15) is 0 Å². The SMILES string of the molecule is Cc1ccccc1C(CNC1CC1)c1ccccc1. The van der Waals surface area contributed by atoms with Crippen LogP contribution in [0.15, 0.2) is 54.6 Å². The second-order valence-corrected chi connectivity index (χ2v) is 5.50. The Morgan fingerprint density at radius 3 is 2.37 bits per heavy atom. The molecule has 1 aliphatic carbocycles. The molecule has 1 atom stereocenters. The average Bonchev–Trinajstić information content (AvgIpc) is 3.26. The van der Waals surface area contributed by atoms with Gasteiger partial charge in [-0.15, -0.1) is 0 Å². The molecule has 1 fully saturated rings. The second-order valence-electron chi connectivity index (χ2n) is 5.50. The van der Waals surface area contributed by atoms with Crippen molar-refractivity contribution in [2.24, 2.45) is 0 Å². The molecule has 1 unspecified atom stereocenters. The summed E-state index contributed by atoms with van der Waals surface area (Å²) in [6.45, 7) is 3.25. The van der Waals surface area contributed by atoms with E-state index >= 15 is 0 Å². The average molecular weight is 251 g/mol. The van der Waals surface area contributed by atoms with E-state index in [1.165, 1.54) is 29.5 Å². The minimum atomic E-state index is 0.461. The summed E-state index contributed by atoms with van der Waals surface area (Å²) in [6, 6.07) is 20.4. The molecular weight excluding hydrogens is 230 g/mol. The van der Waals surface area contributed by atoms with Crippen molar-refractivity contribution in [1.29, 1.82) is 0 Å². The van der Waals surface area contributed by atoms with Crippen LogP contribution in [-0.2, 0) is 0 Å². The van der Waals surface area contributed by atoms with Gasteiger partial charge in [-0.25, -0.2) is 0 Å². The van der Waals surface area contributed by atoms with Crippen LogP contribution in [0.5, 0.6) is 0 Å². The van der Waals surface area contributed by atoms with Gasteiger partial charge >= 0.3 is 0 Å². The van der Waals surface area contributed by atoms with E-state index in [4.69, 9.17) is 0 Å². The lowest BCUT2D eigenvalue weighted by Crippen LogP contribution is -2.24. The third kappa shape index (κ3) is 3.05. The Balaban J connectivity index is 1.89. The Kier molecular flexibility index (Phi) is 3.65. The molecule has 1 aliphatic rings. The Morgan fingerprint density at radius 1 is 1.00 bits per heavy atom. The molecule has 98 valence electrons. The maximum Gasteiger partial charge on any atom is 0.0217 e. The van der Waals surface area contributed by atoms with E-state index in [2.05, 4.69) is 66.8 Å². The first-order chi connectivity index (χ1) is 9.34. The van der Waals surface area contributed by atoms with Crippen LogP contribution in [-0.4, -0.2) is 12.6 Å². The number of benzene rings is 2. The van der Waals surface area contributed by atoms with Crippen LogP contribution in [0.4, 0.5) is 0 Å². The predicted octanol–water partition coefficient (Wildman–Crippen LogP) is 3.88. The molecule has 1 N–H and O–H groups in total. The zero-order valence-corrected chi connectivity index (χ0v) is 11.5. The molecule has 2 aromatic carbocycles. The fourth-order valence-electron chi connectivity index (χ4n) is 2.64. The number of hydrogen-bond acceptors (Lipinski definition) is 1. The molecule has 0 spiro atoms. The highest BCUT2D eigenvalue weighted by atomic mass is 14.9. The van der Waals surface area contributed by atoms with Crippen molar-refractivity contribution in [3.05, 3.63) is 71.3 Å². The van der Waals surface area contributed by atoms with Crippen molar-refractivity contribution in [3.8, 4) is 0 Å². The zero-order chi connectivity index (χ0) is 13.1. The van der Waals surface area contributed by atoms with Crippen molar-refractivity contribution in [2.45, 2.75) is 31.7 Å². The van der Waals surface area contributed by atoms with E-state index in [0.29, 0.717) is 5.92 Å². The van der Waals surface area contributed by atoms with E-state index < -0.39 is 0 Å². The van der Waals surface area contributed by atoms with Gasteiger partial charge in [0, 0.05) is 18.5 Å². The molecule has 1 heteroatoms. The molecule has 1 saturated carbocycles. The fourth-order valence-corrected chi connectivity index (χ4v) is 2.64. The molecule has 2 aromatic rings. The number of nitrogens with one attached hydrogen (secondary N) is 1. The highest BCUT2D eigenvalue weighted by molar-refractivity contribution is 5.37. The van der Waals surface area contributed by atoms with Gasteiger partial charge in [-0.05, 0) is 36.5 Å². The first kappa shape index (κ1) is 12.4. The summed E-state index contributed by atoms with van der Waals surface area (Å²) in [7, 11) is 0. The summed E-state index contributed by atoms with van der Waals surface area (Å²) in [5.41, 5.74) is 4.24. The lowest BCUT2D eigenvalue weighted by molar-refractivity contribution is 0.630. The van der Waals surface area contributed by atoms with Crippen molar-refractivity contribution >= 4 is 0 Å². The molecule has 0 aliphatic heterocycles. The van der Waals surface area contributed by atoms with Gasteiger partial charge in [-0.3, -0.25) is 0 Å². The smallest absolute Gasteiger partial charge is 0.0217 e. The van der Waals surface area contributed by atoms with Crippen molar-refractivity contribution in [1.82, 2.24) is 5.32 Å². The van der Waals surface area contributed by atoms with Gasteiger partial charge in [0.15, 0.2) is 0 Å². The lowest BCUT2D eigenvalue weighted by Gasteiger charge is -2.20. The monoisotopic (exact) mass is 251 g/mol. The molecule has 0 amide bonds. The Labute approximate surface area is 115 Å². The summed E-state index contributed by atoms with van der Waals surface area (Å²) in [5.74, 6) is 0.461. The number of rotatable bonds is 5. The third-order valence-electron chi connectivity index (χ3n) is 3.95. The fraction of sp³-hybridized carbons (Fsp3) is 0.333. The van der Waals surface area contributed by atoms with Crippen LogP contribution in [0.3, 0.4) is 0 Å². The van der Waals surface area contributed by atoms with E-state index in [-0.39, 0.29) is 0 Å². The molecule has 0 radical (unpaired) electrons. The summed E-state index contributed by atoms with van der Waals surface area (Å²) in [6.07, 6.45) is 2.69. The highest BCUT2D eigenvalue weighted by Crippen LogP contribution is 2.28. The molecule has 0 saturated heterocycles. The molecule has 0 heterocycles. The van der Waals surface area contributed by atoms with Crippen LogP contribution in [0.2, 0.25) is 0 Å². The Bertz CT molecular complexity index is 528. The summed E-state index contributed by atoms with van der Waals surface area (Å²) < 4.78 is 0. The summed E-state index contributed by atoms with van der Waals surface area (Å²) >= 11 is 0. The van der Waals surface area contributed by atoms with E-state index in [9.17, 15) is 0 Å². The normalized spacial score (nSPS) is 16.3. The van der Waals surface area contributed by atoms with Crippen molar-refractivity contribution in [2.75, 3.05) is 6.54 Å². The summed E-state index contributed by atoms with van der Waals surface area (Å²) in [5, 5.41) is 3.68. The van der Waals surface area contributed by atoms with E-state index in [1.54, 1.807) is 0 Å². The highest BCUT2D eigenvalue weighted by Gasteiger charge is 2.23. The van der Waals surface area contributed by atoms with Crippen molar-refractivity contribution < 1.29 is 0 Å². The lowest BCUT2D eigenvalue weighted by atomic mass is 9.88.